The first-order valence-electron chi connectivity index (χ1n) is 17.7. The fourth-order valence-corrected chi connectivity index (χ4v) is 11.4. The van der Waals surface area contributed by atoms with Crippen molar-refractivity contribution in [3.8, 4) is 22.1 Å². The van der Waals surface area contributed by atoms with Gasteiger partial charge in [0.2, 0.25) is 23.6 Å². The summed E-state index contributed by atoms with van der Waals surface area (Å²) >= 11 is 11.4. The fourth-order valence-electron chi connectivity index (χ4n) is 9.59. The standard InChI is InChI=1S/C41H34BrClN4O6S/c1-19-25-16-21(43)10-13-31(25)54-36(19)29-18-32(45(3)44-29)47-38(50)28-17-26-23(11-12-24-33(26)39(51)46(37(24)49)22-8-6-5-7-9-22)34(41(28,2)40(47)52)27-14-20(42)15-30(53-4)35(27)48/h5-11,13-16,18,24,26,28,33-34,48H,12,17H2,1-4H3/t24-,26+,28-,33-,34+,41+/m0/s1. The number of ether oxygens (including phenoxy) is 1. The van der Waals surface area contributed by atoms with E-state index < -0.39 is 46.8 Å². The summed E-state index contributed by atoms with van der Waals surface area (Å²) in [6.07, 6.45) is 2.42. The zero-order chi connectivity index (χ0) is 38.0. The lowest BCUT2D eigenvalue weighted by Crippen LogP contribution is -2.49. The molecule has 4 amide bonds. The maximum Gasteiger partial charge on any atom is 0.242 e. The third-order valence-corrected chi connectivity index (χ3v) is 14.1. The van der Waals surface area contributed by atoms with Gasteiger partial charge in [0, 0.05) is 38.8 Å². The summed E-state index contributed by atoms with van der Waals surface area (Å²) in [6.45, 7) is 3.79. The average Bonchev–Trinajstić information content (AvgIpc) is 3.83. The second kappa shape index (κ2) is 12.4. The lowest BCUT2D eigenvalue weighted by atomic mass is 9.51. The van der Waals surface area contributed by atoms with Gasteiger partial charge in [0.15, 0.2) is 11.5 Å². The monoisotopic (exact) mass is 824 g/mol. The Labute approximate surface area is 328 Å². The molecular weight excluding hydrogens is 792 g/mol. The van der Waals surface area contributed by atoms with Crippen LogP contribution in [0.25, 0.3) is 20.7 Å². The molecular formula is C41H34BrClN4O6S. The van der Waals surface area contributed by atoms with Gasteiger partial charge >= 0.3 is 0 Å². The average molecular weight is 826 g/mol. The molecule has 2 aliphatic carbocycles. The molecule has 2 aromatic heterocycles. The van der Waals surface area contributed by atoms with Gasteiger partial charge in [-0.15, -0.1) is 11.3 Å². The number of thiophene rings is 1. The molecule has 1 saturated carbocycles. The normalized spacial score (nSPS) is 26.3. The number of aromatic nitrogens is 2. The second-order valence-corrected chi connectivity index (χ2v) is 17.2. The van der Waals surface area contributed by atoms with Gasteiger partial charge < -0.3 is 9.84 Å². The smallest absolute Gasteiger partial charge is 0.242 e. The molecule has 0 spiro atoms. The molecule has 2 aliphatic heterocycles. The first kappa shape index (κ1) is 35.0. The number of anilines is 2. The highest BCUT2D eigenvalue weighted by molar-refractivity contribution is 9.10. The number of hydrogen-bond acceptors (Lipinski definition) is 8. The number of fused-ring (bicyclic) bond motifs is 5. The Morgan fingerprint density at radius 3 is 2.48 bits per heavy atom. The molecule has 274 valence electrons. The van der Waals surface area contributed by atoms with Gasteiger partial charge in [0.25, 0.3) is 0 Å². The highest BCUT2D eigenvalue weighted by Gasteiger charge is 2.68. The summed E-state index contributed by atoms with van der Waals surface area (Å²) in [5, 5.41) is 18.2. The number of nitrogens with zero attached hydrogens (tertiary/aromatic N) is 4. The van der Waals surface area contributed by atoms with E-state index >= 15 is 4.79 Å². The molecule has 10 nitrogen and oxygen atoms in total. The van der Waals surface area contributed by atoms with Gasteiger partial charge in [-0.2, -0.15) is 5.10 Å². The van der Waals surface area contributed by atoms with E-state index in [4.69, 9.17) is 21.4 Å². The summed E-state index contributed by atoms with van der Waals surface area (Å²) < 4.78 is 8.75. The number of carbonyl (C=O) groups is 4. The molecule has 4 aliphatic rings. The number of para-hydroxylation sites is 1. The number of hydrogen-bond donors (Lipinski definition) is 1. The Balaban J connectivity index is 1.18. The van der Waals surface area contributed by atoms with Crippen LogP contribution in [0.5, 0.6) is 11.5 Å². The molecule has 54 heavy (non-hydrogen) atoms. The van der Waals surface area contributed by atoms with Crippen molar-refractivity contribution in [2.24, 2.45) is 36.1 Å². The molecule has 13 heteroatoms. The van der Waals surface area contributed by atoms with Crippen LogP contribution in [-0.4, -0.2) is 45.6 Å². The number of imide groups is 2. The minimum absolute atomic E-state index is 0.157. The maximum absolute atomic E-state index is 15.2. The van der Waals surface area contributed by atoms with Crippen molar-refractivity contribution in [2.75, 3.05) is 16.9 Å². The van der Waals surface area contributed by atoms with Crippen LogP contribution in [0.2, 0.25) is 5.02 Å². The number of methoxy groups -OCH3 is 1. The predicted octanol–water partition coefficient (Wildman–Crippen LogP) is 8.18. The first-order valence-corrected chi connectivity index (χ1v) is 19.6. The number of aromatic hydroxyl groups is 1. The highest BCUT2D eigenvalue weighted by Crippen LogP contribution is 2.65. The van der Waals surface area contributed by atoms with Gasteiger partial charge in [-0.25, -0.2) is 4.90 Å². The number of phenolic OH excluding ortho intramolecular Hbond substituents is 1. The van der Waals surface area contributed by atoms with E-state index in [-0.39, 0.29) is 36.2 Å². The van der Waals surface area contributed by atoms with Gasteiger partial charge in [-0.3, -0.25) is 28.8 Å². The van der Waals surface area contributed by atoms with E-state index in [1.807, 2.05) is 37.3 Å². The van der Waals surface area contributed by atoms with Crippen LogP contribution in [0, 0.1) is 36.0 Å². The topological polar surface area (TPSA) is 122 Å². The van der Waals surface area contributed by atoms with Gasteiger partial charge in [-0.1, -0.05) is 57.4 Å². The quantitative estimate of drug-likeness (QED) is 0.140. The van der Waals surface area contributed by atoms with Crippen molar-refractivity contribution in [2.45, 2.75) is 32.6 Å². The summed E-state index contributed by atoms with van der Waals surface area (Å²) in [6, 6.07) is 19.7. The van der Waals surface area contributed by atoms with Crippen molar-refractivity contribution in [1.29, 1.82) is 0 Å². The Kier molecular flexibility index (Phi) is 8.01. The van der Waals surface area contributed by atoms with Crippen LogP contribution >= 0.6 is 38.9 Å². The zero-order valence-corrected chi connectivity index (χ0v) is 32.8. The number of amides is 4. The molecule has 0 bridgehead atoms. The molecule has 1 N–H and O–H groups in total. The van der Waals surface area contributed by atoms with Crippen molar-refractivity contribution >= 4 is 84.1 Å². The lowest BCUT2D eigenvalue weighted by molar-refractivity contribution is -0.131. The molecule has 3 aromatic carbocycles. The second-order valence-electron chi connectivity index (χ2n) is 14.8. The molecule has 9 rings (SSSR count). The minimum Gasteiger partial charge on any atom is -0.504 e. The summed E-state index contributed by atoms with van der Waals surface area (Å²) in [4.78, 5) is 61.8. The van der Waals surface area contributed by atoms with E-state index in [0.717, 1.165) is 26.1 Å². The molecule has 2 saturated heterocycles. The minimum atomic E-state index is -1.38. The van der Waals surface area contributed by atoms with Crippen LogP contribution in [0.3, 0.4) is 0 Å². The molecule has 0 radical (unpaired) electrons. The van der Waals surface area contributed by atoms with Crippen molar-refractivity contribution in [3.63, 3.8) is 0 Å². The Bertz CT molecular complexity index is 2510. The molecule has 0 unspecified atom stereocenters. The summed E-state index contributed by atoms with van der Waals surface area (Å²) in [5.41, 5.74) is 1.88. The van der Waals surface area contributed by atoms with Crippen LogP contribution in [0.1, 0.15) is 36.8 Å². The largest absolute Gasteiger partial charge is 0.504 e. The number of aryl methyl sites for hydroxylation is 2. The van der Waals surface area contributed by atoms with E-state index in [1.165, 1.54) is 16.9 Å². The van der Waals surface area contributed by atoms with E-state index in [1.54, 1.807) is 72.5 Å². The van der Waals surface area contributed by atoms with Crippen LogP contribution in [-0.2, 0) is 26.2 Å². The Morgan fingerprint density at radius 1 is 0.981 bits per heavy atom. The lowest BCUT2D eigenvalue weighted by Gasteiger charge is -2.49. The van der Waals surface area contributed by atoms with Crippen LogP contribution < -0.4 is 14.5 Å². The van der Waals surface area contributed by atoms with E-state index in [2.05, 4.69) is 15.9 Å². The predicted molar refractivity (Wildman–Crippen MR) is 210 cm³/mol. The maximum atomic E-state index is 15.2. The molecule has 4 heterocycles. The van der Waals surface area contributed by atoms with Gasteiger partial charge in [-0.05, 0) is 86.0 Å². The zero-order valence-electron chi connectivity index (χ0n) is 29.7. The van der Waals surface area contributed by atoms with E-state index in [0.29, 0.717) is 32.3 Å². The molecule has 3 fully saturated rings. The number of phenols is 1. The number of benzene rings is 3. The van der Waals surface area contributed by atoms with Crippen LogP contribution in [0.15, 0.2) is 82.9 Å². The Hall–Kier alpha value is -4.78. The Morgan fingerprint density at radius 2 is 1.74 bits per heavy atom. The summed E-state index contributed by atoms with van der Waals surface area (Å²) in [5.74, 6) is -4.72. The van der Waals surface area contributed by atoms with Crippen molar-refractivity contribution < 1.29 is 29.0 Å². The fraction of sp³-hybridized carbons (Fsp3) is 0.293. The van der Waals surface area contributed by atoms with Crippen LogP contribution in [0.4, 0.5) is 11.5 Å². The molecule has 5 aromatic rings. The number of halogens is 2. The summed E-state index contributed by atoms with van der Waals surface area (Å²) in [7, 11) is 3.16. The number of rotatable bonds is 5. The highest BCUT2D eigenvalue weighted by atomic mass is 79.9. The van der Waals surface area contributed by atoms with E-state index in [9.17, 15) is 19.5 Å². The first-order chi connectivity index (χ1) is 25.8. The molecule has 6 atom stereocenters. The number of allylic oxidation sites excluding steroid dienone is 2. The van der Waals surface area contributed by atoms with Crippen molar-refractivity contribution in [3.05, 3.63) is 99.0 Å². The van der Waals surface area contributed by atoms with Gasteiger partial charge in [0.1, 0.15) is 11.5 Å². The van der Waals surface area contributed by atoms with Gasteiger partial charge in [0.05, 0.1) is 40.8 Å². The van der Waals surface area contributed by atoms with Crippen molar-refractivity contribution in [1.82, 2.24) is 9.78 Å². The third-order valence-electron chi connectivity index (χ3n) is 12.1. The SMILES string of the molecule is COc1cc(Br)cc([C@H]2C3=CC[C@@H]4C(=O)N(c5ccccc5)C(=O)[C@@H]4[C@@H]3C[C@H]3C(=O)N(c4cc(-c5sc6ccc(Cl)cc6c5C)nn4C)C(=O)[C@@]23C)c1O. The third kappa shape index (κ3) is 4.78. The number of carbonyl (C=O) groups excluding carboxylic acids is 4.